The van der Waals surface area contributed by atoms with Crippen LogP contribution in [0.4, 0.5) is 0 Å². The summed E-state index contributed by atoms with van der Waals surface area (Å²) in [4.78, 5) is 0. The molecule has 0 spiro atoms. The lowest BCUT2D eigenvalue weighted by Crippen LogP contribution is -2.47. The van der Waals surface area contributed by atoms with Crippen LogP contribution in [-0.4, -0.2) is 65.8 Å². The van der Waals surface area contributed by atoms with Crippen molar-refractivity contribution in [1.29, 1.82) is 0 Å². The molecule has 192 valence electrons. The molecule has 2 unspecified atom stereocenters. The van der Waals surface area contributed by atoms with Crippen molar-refractivity contribution in [2.24, 2.45) is 11.8 Å². The fourth-order valence-electron chi connectivity index (χ4n) is 4.30. The molecular weight excluding hydrogens is 474 g/mol. The summed E-state index contributed by atoms with van der Waals surface area (Å²) in [5.74, 6) is 0.757. The molecule has 0 aromatic heterocycles. The zero-order chi connectivity index (χ0) is 24.8. The van der Waals surface area contributed by atoms with Crippen molar-refractivity contribution in [3.63, 3.8) is 0 Å². The molecule has 1 fully saturated rings. The number of rotatable bonds is 11. The molecular formula is C24H39N3O5S2. The highest BCUT2D eigenvalue weighted by atomic mass is 32.2. The molecule has 8 nitrogen and oxygen atoms in total. The van der Waals surface area contributed by atoms with E-state index in [9.17, 15) is 16.8 Å². The molecule has 1 saturated heterocycles. The van der Waals surface area contributed by atoms with Crippen LogP contribution in [0.5, 0.6) is 0 Å². The summed E-state index contributed by atoms with van der Waals surface area (Å²) >= 11 is 0. The fraction of sp³-hybridized carbons (Fsp3) is 0.667. The zero-order valence-electron chi connectivity index (χ0n) is 20.5. The zero-order valence-corrected chi connectivity index (χ0v) is 22.1. The number of hydrogen-bond acceptors (Lipinski definition) is 5. The molecule has 2 aliphatic rings. The first-order chi connectivity index (χ1) is 16.1. The van der Waals surface area contributed by atoms with Crippen LogP contribution in [0, 0.1) is 11.8 Å². The van der Waals surface area contributed by atoms with Gasteiger partial charge in [-0.25, -0.2) is 17.9 Å². The van der Waals surface area contributed by atoms with Gasteiger partial charge in [0.25, 0.3) is 10.2 Å². The monoisotopic (exact) mass is 513 g/mol. The Bertz CT molecular complexity index is 1030. The molecule has 1 aromatic carbocycles. The lowest BCUT2D eigenvalue weighted by molar-refractivity contribution is 0.0725. The SMILES string of the molecule is CC(CNS(=O)(=O)C(C)C)C1CC=C(c2ccc(CCNS(=O)(=O)N3CCOCC3)cc2)CC1. The third-order valence-electron chi connectivity index (χ3n) is 6.82. The van der Waals surface area contributed by atoms with Gasteiger partial charge in [0.15, 0.2) is 0 Å². The van der Waals surface area contributed by atoms with Crippen LogP contribution in [-0.2, 0) is 31.4 Å². The van der Waals surface area contributed by atoms with Crippen molar-refractivity contribution >= 4 is 25.8 Å². The number of hydrogen-bond donors (Lipinski definition) is 2. The summed E-state index contributed by atoms with van der Waals surface area (Å²) in [6.07, 6.45) is 5.89. The van der Waals surface area contributed by atoms with Crippen LogP contribution in [0.2, 0.25) is 0 Å². The second kappa shape index (κ2) is 12.1. The number of benzene rings is 1. The minimum atomic E-state index is -3.45. The van der Waals surface area contributed by atoms with Gasteiger partial charge in [-0.05, 0) is 68.1 Å². The molecule has 1 aliphatic heterocycles. The minimum Gasteiger partial charge on any atom is -0.379 e. The van der Waals surface area contributed by atoms with E-state index in [0.29, 0.717) is 51.7 Å². The van der Waals surface area contributed by atoms with Crippen molar-refractivity contribution in [2.75, 3.05) is 39.4 Å². The quantitative estimate of drug-likeness (QED) is 0.473. The maximum Gasteiger partial charge on any atom is 0.279 e. The van der Waals surface area contributed by atoms with Crippen molar-refractivity contribution in [1.82, 2.24) is 13.7 Å². The van der Waals surface area contributed by atoms with Gasteiger partial charge < -0.3 is 4.74 Å². The van der Waals surface area contributed by atoms with E-state index >= 15 is 0 Å². The van der Waals surface area contributed by atoms with Crippen molar-refractivity contribution in [2.45, 2.75) is 51.7 Å². The normalized spacial score (nSPS) is 21.4. The summed E-state index contributed by atoms with van der Waals surface area (Å²) in [6, 6.07) is 8.35. The van der Waals surface area contributed by atoms with Crippen molar-refractivity contribution < 1.29 is 21.6 Å². The first-order valence-corrected chi connectivity index (χ1v) is 15.2. The lowest BCUT2D eigenvalue weighted by Gasteiger charge is -2.28. The second-order valence-corrected chi connectivity index (χ2v) is 13.6. The van der Waals surface area contributed by atoms with Gasteiger partial charge in [0.1, 0.15) is 0 Å². The highest BCUT2D eigenvalue weighted by Crippen LogP contribution is 2.34. The van der Waals surface area contributed by atoms with Gasteiger partial charge in [-0.2, -0.15) is 12.7 Å². The Kier molecular flexibility index (Phi) is 9.71. The first-order valence-electron chi connectivity index (χ1n) is 12.2. The average Bonchev–Trinajstić information content (AvgIpc) is 2.83. The van der Waals surface area contributed by atoms with Gasteiger partial charge in [0.2, 0.25) is 10.0 Å². The summed E-state index contributed by atoms with van der Waals surface area (Å²) in [7, 11) is -6.67. The first kappa shape index (κ1) is 27.3. The largest absolute Gasteiger partial charge is 0.379 e. The van der Waals surface area contributed by atoms with Crippen LogP contribution >= 0.6 is 0 Å². The number of ether oxygens (including phenoxy) is 1. The van der Waals surface area contributed by atoms with E-state index in [1.165, 1.54) is 15.4 Å². The predicted octanol–water partition coefficient (Wildman–Crippen LogP) is 2.54. The average molecular weight is 514 g/mol. The van der Waals surface area contributed by atoms with Gasteiger partial charge in [0.05, 0.1) is 18.5 Å². The maximum absolute atomic E-state index is 12.3. The summed E-state index contributed by atoms with van der Waals surface area (Å²) in [6.45, 7) is 8.02. The van der Waals surface area contributed by atoms with Crippen LogP contribution in [0.1, 0.15) is 51.2 Å². The molecule has 3 rings (SSSR count). The maximum atomic E-state index is 12.3. The highest BCUT2D eigenvalue weighted by Gasteiger charge is 2.25. The van der Waals surface area contributed by atoms with E-state index in [4.69, 9.17) is 4.74 Å². The predicted molar refractivity (Wildman–Crippen MR) is 136 cm³/mol. The molecule has 2 N–H and O–H groups in total. The summed E-state index contributed by atoms with van der Waals surface area (Å²) in [5, 5.41) is -0.412. The Morgan fingerprint density at radius 2 is 1.71 bits per heavy atom. The summed E-state index contributed by atoms with van der Waals surface area (Å²) < 4.78 is 60.8. The minimum absolute atomic E-state index is 0.287. The fourth-order valence-corrected chi connectivity index (χ4v) is 6.30. The van der Waals surface area contributed by atoms with E-state index in [1.54, 1.807) is 13.8 Å². The summed E-state index contributed by atoms with van der Waals surface area (Å²) in [5.41, 5.74) is 3.61. The Balaban J connectivity index is 1.46. The van der Waals surface area contributed by atoms with Crippen molar-refractivity contribution in [3.8, 4) is 0 Å². The van der Waals surface area contributed by atoms with Crippen LogP contribution in [0.3, 0.4) is 0 Å². The van der Waals surface area contributed by atoms with E-state index in [1.807, 2.05) is 0 Å². The van der Waals surface area contributed by atoms with Crippen LogP contribution < -0.4 is 9.44 Å². The third kappa shape index (κ3) is 7.60. The van der Waals surface area contributed by atoms with Gasteiger partial charge in [0, 0.05) is 26.2 Å². The Morgan fingerprint density at radius 1 is 1.03 bits per heavy atom. The number of allylic oxidation sites excluding steroid dienone is 2. The van der Waals surface area contributed by atoms with E-state index in [-0.39, 0.29) is 5.92 Å². The van der Waals surface area contributed by atoms with E-state index in [2.05, 4.69) is 46.7 Å². The topological polar surface area (TPSA) is 105 Å². The Labute approximate surface area is 205 Å². The molecule has 0 amide bonds. The molecule has 2 atom stereocenters. The molecule has 0 saturated carbocycles. The standard InChI is InChI=1S/C24H39N3O5S2/c1-19(2)33(28,29)26-18-20(3)22-8-10-24(11-9-22)23-6-4-21(5-7-23)12-13-25-34(30,31)27-14-16-32-17-15-27/h4-7,10,19-20,22,25-26H,8-9,11-18H2,1-3H3. The molecule has 34 heavy (non-hydrogen) atoms. The van der Waals surface area contributed by atoms with Crippen LogP contribution in [0.25, 0.3) is 5.57 Å². The number of nitrogens with one attached hydrogen (secondary N) is 2. The third-order valence-corrected chi connectivity index (χ3v) is 10.2. The number of nitrogens with zero attached hydrogens (tertiary/aromatic N) is 1. The number of sulfonamides is 1. The van der Waals surface area contributed by atoms with Crippen LogP contribution in [0.15, 0.2) is 30.3 Å². The molecule has 0 bridgehead atoms. The second-order valence-electron chi connectivity index (χ2n) is 9.54. The highest BCUT2D eigenvalue weighted by molar-refractivity contribution is 7.90. The van der Waals surface area contributed by atoms with Crippen molar-refractivity contribution in [3.05, 3.63) is 41.5 Å². The van der Waals surface area contributed by atoms with Gasteiger partial charge >= 0.3 is 0 Å². The van der Waals surface area contributed by atoms with E-state index < -0.39 is 25.5 Å². The molecule has 10 heteroatoms. The number of morpholine rings is 1. The van der Waals surface area contributed by atoms with Gasteiger partial charge in [-0.15, -0.1) is 0 Å². The lowest BCUT2D eigenvalue weighted by atomic mass is 9.80. The Morgan fingerprint density at radius 3 is 2.29 bits per heavy atom. The van der Waals surface area contributed by atoms with E-state index in [0.717, 1.165) is 24.8 Å². The smallest absolute Gasteiger partial charge is 0.279 e. The van der Waals surface area contributed by atoms with Gasteiger partial charge in [-0.1, -0.05) is 37.3 Å². The molecule has 1 heterocycles. The molecule has 1 aliphatic carbocycles. The van der Waals surface area contributed by atoms with Gasteiger partial charge in [-0.3, -0.25) is 0 Å². The molecule has 1 aromatic rings. The Hall–Kier alpha value is -1.30. The molecule has 0 radical (unpaired) electrons.